The molecule has 0 aliphatic rings. The number of ether oxygens (including phenoxy) is 1. The number of hydrogen-bond donors (Lipinski definition) is 0. The zero-order valence-electron chi connectivity index (χ0n) is 19.4. The number of nitro groups is 1. The average molecular weight is 466 g/mol. The molecule has 0 atom stereocenters. The number of aryl methyl sites for hydroxylation is 1. The maximum absolute atomic E-state index is 13.5. The van der Waals surface area contributed by atoms with Gasteiger partial charge < -0.3 is 9.30 Å². The summed E-state index contributed by atoms with van der Waals surface area (Å²) in [6.45, 7) is 2.02. The van der Waals surface area contributed by atoms with Gasteiger partial charge in [-0.25, -0.2) is 4.98 Å². The first-order valence-electron chi connectivity index (χ1n) is 11.0. The minimum Gasteiger partial charge on any atom is -0.497 e. The van der Waals surface area contributed by atoms with Gasteiger partial charge in [-0.05, 0) is 55.5 Å². The lowest BCUT2D eigenvalue weighted by molar-refractivity contribution is -0.384. The van der Waals surface area contributed by atoms with Gasteiger partial charge in [0.2, 0.25) is 0 Å². The summed E-state index contributed by atoms with van der Waals surface area (Å²) < 4.78 is 8.92. The van der Waals surface area contributed by atoms with Crippen LogP contribution in [0.25, 0.3) is 39.6 Å². The first-order valence-corrected chi connectivity index (χ1v) is 11.0. The van der Waals surface area contributed by atoms with Crippen LogP contribution in [0.2, 0.25) is 0 Å². The van der Waals surface area contributed by atoms with E-state index in [1.54, 1.807) is 43.5 Å². The Morgan fingerprint density at radius 3 is 2.57 bits per heavy atom. The van der Waals surface area contributed by atoms with Gasteiger partial charge in [-0.15, -0.1) is 0 Å². The number of nitrogens with zero attached hydrogens (tertiary/aromatic N) is 4. The predicted molar refractivity (Wildman–Crippen MR) is 137 cm³/mol. The largest absolute Gasteiger partial charge is 0.497 e. The van der Waals surface area contributed by atoms with E-state index in [2.05, 4.69) is 4.57 Å². The fourth-order valence-corrected chi connectivity index (χ4v) is 4.33. The van der Waals surface area contributed by atoms with Gasteiger partial charge in [0.1, 0.15) is 11.6 Å². The van der Waals surface area contributed by atoms with Crippen LogP contribution in [0.15, 0.2) is 71.5 Å². The lowest BCUT2D eigenvalue weighted by Gasteiger charge is -2.11. The Balaban J connectivity index is 1.75. The molecule has 0 fully saturated rings. The van der Waals surface area contributed by atoms with Crippen molar-refractivity contribution in [1.82, 2.24) is 14.1 Å². The van der Waals surface area contributed by atoms with Crippen molar-refractivity contribution in [2.75, 3.05) is 7.11 Å². The number of methoxy groups -OCH3 is 1. The van der Waals surface area contributed by atoms with E-state index >= 15 is 0 Å². The van der Waals surface area contributed by atoms with Crippen molar-refractivity contribution in [3.8, 4) is 11.4 Å². The van der Waals surface area contributed by atoms with E-state index in [1.165, 1.54) is 16.7 Å². The topological polar surface area (TPSA) is 92.2 Å². The number of aromatic nitrogens is 3. The van der Waals surface area contributed by atoms with E-state index in [9.17, 15) is 14.9 Å². The van der Waals surface area contributed by atoms with Gasteiger partial charge in [-0.3, -0.25) is 19.5 Å². The van der Waals surface area contributed by atoms with Gasteiger partial charge in [0.15, 0.2) is 0 Å². The van der Waals surface area contributed by atoms with Crippen LogP contribution in [0.1, 0.15) is 17.1 Å². The number of para-hydroxylation sites is 1. The first-order chi connectivity index (χ1) is 16.9. The zero-order chi connectivity index (χ0) is 24.7. The lowest BCUT2D eigenvalue weighted by Crippen LogP contribution is -2.22. The van der Waals surface area contributed by atoms with Crippen molar-refractivity contribution in [3.05, 3.63) is 104 Å². The molecule has 5 rings (SSSR count). The molecule has 0 aliphatic carbocycles. The summed E-state index contributed by atoms with van der Waals surface area (Å²) >= 11 is 0. The lowest BCUT2D eigenvalue weighted by atomic mass is 10.1. The third kappa shape index (κ3) is 3.74. The summed E-state index contributed by atoms with van der Waals surface area (Å²) in [5.41, 5.74) is 3.57. The van der Waals surface area contributed by atoms with Crippen LogP contribution in [-0.4, -0.2) is 26.2 Å². The molecule has 0 aliphatic heterocycles. The Morgan fingerprint density at radius 2 is 1.80 bits per heavy atom. The van der Waals surface area contributed by atoms with Crippen molar-refractivity contribution in [1.29, 1.82) is 0 Å². The molecular formula is C27H22N4O4. The van der Waals surface area contributed by atoms with Gasteiger partial charge in [0.25, 0.3) is 11.2 Å². The van der Waals surface area contributed by atoms with Crippen LogP contribution < -0.4 is 10.3 Å². The van der Waals surface area contributed by atoms with Crippen molar-refractivity contribution in [2.24, 2.45) is 7.05 Å². The normalized spacial score (nSPS) is 11.5. The summed E-state index contributed by atoms with van der Waals surface area (Å²) in [6.07, 6.45) is 3.69. The van der Waals surface area contributed by atoms with Crippen LogP contribution in [0.3, 0.4) is 0 Å². The second kappa shape index (κ2) is 8.57. The van der Waals surface area contributed by atoms with Crippen LogP contribution in [-0.2, 0) is 7.05 Å². The summed E-state index contributed by atoms with van der Waals surface area (Å²) in [5, 5.41) is 12.8. The molecule has 5 aromatic rings. The average Bonchev–Trinajstić information content (AvgIpc) is 3.11. The zero-order valence-corrected chi connectivity index (χ0v) is 19.4. The predicted octanol–water partition coefficient (Wildman–Crippen LogP) is 5.27. The monoisotopic (exact) mass is 466 g/mol. The molecule has 0 spiro atoms. The minimum atomic E-state index is -0.481. The van der Waals surface area contributed by atoms with Crippen molar-refractivity contribution < 1.29 is 9.66 Å². The molecule has 0 saturated carbocycles. The summed E-state index contributed by atoms with van der Waals surface area (Å²) in [7, 11) is 3.62. The van der Waals surface area contributed by atoms with E-state index in [1.807, 2.05) is 44.3 Å². The highest BCUT2D eigenvalue weighted by Crippen LogP contribution is 2.30. The maximum atomic E-state index is 13.5. The second-order valence-corrected chi connectivity index (χ2v) is 8.18. The molecule has 2 heterocycles. The SMILES string of the molecule is COc1ccc2c(c1)c(C=Cc1nc3ccccc3c(=O)n1-c1cccc([N+](=O)[O-])c1)c(C)n2C. The molecule has 35 heavy (non-hydrogen) atoms. The Bertz CT molecular complexity index is 1710. The van der Waals surface area contributed by atoms with Crippen molar-refractivity contribution in [2.45, 2.75) is 6.92 Å². The number of fused-ring (bicyclic) bond motifs is 2. The number of nitro benzene ring substituents is 1. The van der Waals surface area contributed by atoms with Crippen LogP contribution >= 0.6 is 0 Å². The van der Waals surface area contributed by atoms with E-state index in [0.29, 0.717) is 22.4 Å². The van der Waals surface area contributed by atoms with E-state index < -0.39 is 4.92 Å². The van der Waals surface area contributed by atoms with E-state index in [4.69, 9.17) is 9.72 Å². The fourth-order valence-electron chi connectivity index (χ4n) is 4.33. The van der Waals surface area contributed by atoms with E-state index in [0.717, 1.165) is 27.9 Å². The maximum Gasteiger partial charge on any atom is 0.271 e. The Hall–Kier alpha value is -4.72. The van der Waals surface area contributed by atoms with Gasteiger partial charge in [0.05, 0.1) is 28.6 Å². The summed E-state index contributed by atoms with van der Waals surface area (Å²) in [5.74, 6) is 1.11. The second-order valence-electron chi connectivity index (χ2n) is 8.18. The molecule has 8 nitrogen and oxygen atoms in total. The molecule has 0 saturated heterocycles. The number of benzene rings is 3. The highest BCUT2D eigenvalue weighted by atomic mass is 16.6. The standard InChI is InChI=1S/C27H22N4O4/c1-17-21(23-16-20(35-3)11-13-25(23)29(17)2)12-14-26-28-24-10-5-4-9-22(24)27(32)30(26)18-7-6-8-19(15-18)31(33)34/h4-16H,1-3H3. The molecule has 0 N–H and O–H groups in total. The Kier molecular flexibility index (Phi) is 5.41. The first kappa shape index (κ1) is 22.1. The van der Waals surface area contributed by atoms with Crippen molar-refractivity contribution >= 4 is 39.6 Å². The third-order valence-corrected chi connectivity index (χ3v) is 6.25. The van der Waals surface area contributed by atoms with Crippen LogP contribution in [0.4, 0.5) is 5.69 Å². The molecule has 0 radical (unpaired) electrons. The molecule has 0 amide bonds. The fraction of sp³-hybridized carbons (Fsp3) is 0.111. The number of non-ortho nitro benzene ring substituents is 1. The summed E-state index contributed by atoms with van der Waals surface area (Å²) in [6, 6.07) is 19.0. The number of hydrogen-bond acceptors (Lipinski definition) is 5. The quantitative estimate of drug-likeness (QED) is 0.260. The van der Waals surface area contributed by atoms with Gasteiger partial charge in [-0.1, -0.05) is 18.2 Å². The molecule has 0 unspecified atom stereocenters. The highest BCUT2D eigenvalue weighted by Gasteiger charge is 2.15. The molecule has 0 bridgehead atoms. The molecule has 3 aromatic carbocycles. The van der Waals surface area contributed by atoms with Crippen molar-refractivity contribution in [3.63, 3.8) is 0 Å². The molecule has 2 aromatic heterocycles. The molecular weight excluding hydrogens is 444 g/mol. The van der Waals surface area contributed by atoms with Gasteiger partial charge in [-0.2, -0.15) is 0 Å². The highest BCUT2D eigenvalue weighted by molar-refractivity contribution is 5.94. The number of rotatable bonds is 5. The summed E-state index contributed by atoms with van der Waals surface area (Å²) in [4.78, 5) is 29.1. The smallest absolute Gasteiger partial charge is 0.271 e. The molecule has 8 heteroatoms. The van der Waals surface area contributed by atoms with Gasteiger partial charge in [0, 0.05) is 41.3 Å². The molecule has 174 valence electrons. The van der Waals surface area contributed by atoms with Crippen LogP contribution in [0, 0.1) is 17.0 Å². The Morgan fingerprint density at radius 1 is 1.00 bits per heavy atom. The minimum absolute atomic E-state index is 0.102. The van der Waals surface area contributed by atoms with Crippen LogP contribution in [0.5, 0.6) is 5.75 Å². The van der Waals surface area contributed by atoms with E-state index in [-0.39, 0.29) is 11.2 Å². The Labute approximate surface area is 200 Å². The van der Waals surface area contributed by atoms with Gasteiger partial charge >= 0.3 is 0 Å². The third-order valence-electron chi connectivity index (χ3n) is 6.25.